The molecule has 3 rings (SSSR count). The molecule has 0 atom stereocenters. The lowest BCUT2D eigenvalue weighted by atomic mass is 9.99. The summed E-state index contributed by atoms with van der Waals surface area (Å²) in [6.07, 6.45) is 0.668. The van der Waals surface area contributed by atoms with Crippen LogP contribution in [0.2, 0.25) is 0 Å². The maximum absolute atomic E-state index is 13.4. The van der Waals surface area contributed by atoms with Crippen LogP contribution in [0.3, 0.4) is 0 Å². The minimum absolute atomic E-state index is 0.153. The summed E-state index contributed by atoms with van der Waals surface area (Å²) in [6.45, 7) is 4.70. The fourth-order valence-corrected chi connectivity index (χ4v) is 3.26. The van der Waals surface area contributed by atoms with Crippen molar-refractivity contribution in [2.24, 2.45) is 0 Å². The summed E-state index contributed by atoms with van der Waals surface area (Å²) in [7, 11) is 1.88. The molecule has 136 valence electrons. The highest BCUT2D eigenvalue weighted by molar-refractivity contribution is 5.86. The standard InChI is InChI=1S/C21H22FNO3/c1-4-15-10-17-13(2)8-19(24)26-21(17)18(20(15)25)12-23(3)11-14-6-5-7-16(22)9-14/h5-10,25H,4,11-12H2,1-3H3. The number of hydrogen-bond donors (Lipinski definition) is 1. The number of benzene rings is 2. The van der Waals surface area contributed by atoms with Gasteiger partial charge in [-0.3, -0.25) is 4.90 Å². The van der Waals surface area contributed by atoms with Gasteiger partial charge in [0.25, 0.3) is 0 Å². The molecule has 0 bridgehead atoms. The predicted molar refractivity (Wildman–Crippen MR) is 99.8 cm³/mol. The molecule has 4 nitrogen and oxygen atoms in total. The molecule has 0 amide bonds. The Labute approximate surface area is 151 Å². The monoisotopic (exact) mass is 355 g/mol. The second-order valence-corrected chi connectivity index (χ2v) is 6.64. The van der Waals surface area contributed by atoms with Crippen LogP contribution in [0.1, 0.15) is 29.2 Å². The average Bonchev–Trinajstić information content (AvgIpc) is 2.57. The van der Waals surface area contributed by atoms with Crippen molar-refractivity contribution in [1.29, 1.82) is 0 Å². The van der Waals surface area contributed by atoms with E-state index < -0.39 is 5.63 Å². The molecule has 0 radical (unpaired) electrons. The number of hydrogen-bond acceptors (Lipinski definition) is 4. The van der Waals surface area contributed by atoms with Crippen molar-refractivity contribution < 1.29 is 13.9 Å². The number of nitrogens with zero attached hydrogens (tertiary/aromatic N) is 1. The molecule has 1 heterocycles. The molecule has 0 aliphatic heterocycles. The molecule has 1 N–H and O–H groups in total. The third-order valence-electron chi connectivity index (χ3n) is 4.54. The first-order valence-electron chi connectivity index (χ1n) is 8.60. The number of halogens is 1. The van der Waals surface area contributed by atoms with Gasteiger partial charge in [-0.25, -0.2) is 9.18 Å². The van der Waals surface area contributed by atoms with E-state index in [9.17, 15) is 14.3 Å². The Hall–Kier alpha value is -2.66. The molecule has 26 heavy (non-hydrogen) atoms. The summed E-state index contributed by atoms with van der Waals surface area (Å²) in [5.41, 5.74) is 3.02. The lowest BCUT2D eigenvalue weighted by Crippen LogP contribution is -2.18. The van der Waals surface area contributed by atoms with Crippen LogP contribution in [0.15, 0.2) is 45.6 Å². The molecular formula is C21H22FNO3. The number of phenolic OH excluding ortho intramolecular Hbond substituents is 1. The van der Waals surface area contributed by atoms with Gasteiger partial charge in [0, 0.05) is 24.5 Å². The Morgan fingerprint density at radius 2 is 1.96 bits per heavy atom. The maximum Gasteiger partial charge on any atom is 0.336 e. The maximum atomic E-state index is 13.4. The third-order valence-corrected chi connectivity index (χ3v) is 4.54. The normalized spacial score (nSPS) is 11.4. The third kappa shape index (κ3) is 3.63. The molecular weight excluding hydrogens is 333 g/mol. The fourth-order valence-electron chi connectivity index (χ4n) is 3.26. The molecule has 0 fully saturated rings. The van der Waals surface area contributed by atoms with E-state index in [-0.39, 0.29) is 11.6 Å². The van der Waals surface area contributed by atoms with E-state index in [0.717, 1.165) is 22.1 Å². The van der Waals surface area contributed by atoms with E-state index in [4.69, 9.17) is 4.42 Å². The minimum atomic E-state index is -0.437. The van der Waals surface area contributed by atoms with Crippen LogP contribution in [0, 0.1) is 12.7 Å². The van der Waals surface area contributed by atoms with Crippen LogP contribution in [0.5, 0.6) is 5.75 Å². The second kappa shape index (κ2) is 7.30. The number of rotatable bonds is 5. The lowest BCUT2D eigenvalue weighted by molar-refractivity contribution is 0.311. The van der Waals surface area contributed by atoms with Gasteiger partial charge in [-0.05, 0) is 55.3 Å². The Kier molecular flexibility index (Phi) is 5.09. The van der Waals surface area contributed by atoms with Crippen molar-refractivity contribution >= 4 is 11.0 Å². The van der Waals surface area contributed by atoms with E-state index in [2.05, 4.69) is 0 Å². The summed E-state index contributed by atoms with van der Waals surface area (Å²) in [6, 6.07) is 9.75. The van der Waals surface area contributed by atoms with Crippen LogP contribution in [0.4, 0.5) is 4.39 Å². The smallest absolute Gasteiger partial charge is 0.336 e. The summed E-state index contributed by atoms with van der Waals surface area (Å²) in [5, 5.41) is 11.5. The number of fused-ring (bicyclic) bond motifs is 1. The number of aryl methyl sites for hydroxylation is 2. The van der Waals surface area contributed by atoms with Crippen molar-refractivity contribution in [1.82, 2.24) is 4.90 Å². The largest absolute Gasteiger partial charge is 0.507 e. The van der Waals surface area contributed by atoms with Crippen molar-refractivity contribution in [2.75, 3.05) is 7.05 Å². The molecule has 0 spiro atoms. The van der Waals surface area contributed by atoms with Gasteiger partial charge in [-0.2, -0.15) is 0 Å². The quantitative estimate of drug-likeness (QED) is 0.699. The van der Waals surface area contributed by atoms with Crippen molar-refractivity contribution in [2.45, 2.75) is 33.4 Å². The molecule has 0 saturated carbocycles. The predicted octanol–water partition coefficient (Wildman–Crippen LogP) is 4.14. The Bertz CT molecular complexity index is 1010. The molecule has 2 aromatic carbocycles. The molecule has 1 aromatic heterocycles. The highest BCUT2D eigenvalue weighted by Crippen LogP contribution is 2.33. The van der Waals surface area contributed by atoms with Crippen LogP contribution in [-0.2, 0) is 19.5 Å². The topological polar surface area (TPSA) is 53.7 Å². The minimum Gasteiger partial charge on any atom is -0.507 e. The highest BCUT2D eigenvalue weighted by Gasteiger charge is 2.17. The summed E-state index contributed by atoms with van der Waals surface area (Å²) < 4.78 is 18.8. The van der Waals surface area contributed by atoms with Crippen LogP contribution < -0.4 is 5.63 Å². The molecule has 0 aliphatic carbocycles. The van der Waals surface area contributed by atoms with E-state index in [1.54, 1.807) is 6.07 Å². The molecule has 3 aromatic rings. The second-order valence-electron chi connectivity index (χ2n) is 6.64. The van der Waals surface area contributed by atoms with Crippen molar-refractivity contribution in [3.05, 3.63) is 74.9 Å². The molecule has 0 unspecified atom stereocenters. The molecule has 0 aliphatic rings. The number of phenols is 1. The van der Waals surface area contributed by atoms with E-state index in [1.807, 2.05) is 37.9 Å². The van der Waals surface area contributed by atoms with Gasteiger partial charge >= 0.3 is 5.63 Å². The van der Waals surface area contributed by atoms with Gasteiger partial charge in [-0.1, -0.05) is 19.1 Å². The van der Waals surface area contributed by atoms with Crippen molar-refractivity contribution in [3.63, 3.8) is 0 Å². The Morgan fingerprint density at radius 1 is 1.19 bits per heavy atom. The first-order valence-corrected chi connectivity index (χ1v) is 8.60. The van der Waals surface area contributed by atoms with Gasteiger partial charge in [0.15, 0.2) is 0 Å². The Morgan fingerprint density at radius 3 is 2.65 bits per heavy atom. The van der Waals surface area contributed by atoms with E-state index >= 15 is 0 Å². The summed E-state index contributed by atoms with van der Waals surface area (Å²) >= 11 is 0. The first kappa shape index (κ1) is 18.1. The van der Waals surface area contributed by atoms with E-state index in [0.29, 0.717) is 30.7 Å². The van der Waals surface area contributed by atoms with Crippen molar-refractivity contribution in [3.8, 4) is 5.75 Å². The molecule has 0 saturated heterocycles. The van der Waals surface area contributed by atoms with Gasteiger partial charge in [0.2, 0.25) is 0 Å². The average molecular weight is 355 g/mol. The summed E-state index contributed by atoms with van der Waals surface area (Å²) in [4.78, 5) is 13.8. The number of aromatic hydroxyl groups is 1. The zero-order valence-electron chi connectivity index (χ0n) is 15.2. The van der Waals surface area contributed by atoms with Crippen LogP contribution in [-0.4, -0.2) is 17.1 Å². The van der Waals surface area contributed by atoms with Crippen LogP contribution >= 0.6 is 0 Å². The van der Waals surface area contributed by atoms with Gasteiger partial charge < -0.3 is 9.52 Å². The summed E-state index contributed by atoms with van der Waals surface area (Å²) in [5.74, 6) is -0.126. The van der Waals surface area contributed by atoms with Gasteiger partial charge in [0.1, 0.15) is 17.1 Å². The zero-order chi connectivity index (χ0) is 18.8. The van der Waals surface area contributed by atoms with Crippen LogP contribution in [0.25, 0.3) is 11.0 Å². The van der Waals surface area contributed by atoms with Gasteiger partial charge in [0.05, 0.1) is 5.56 Å². The highest BCUT2D eigenvalue weighted by atomic mass is 19.1. The molecule has 5 heteroatoms. The van der Waals surface area contributed by atoms with E-state index in [1.165, 1.54) is 18.2 Å². The SMILES string of the molecule is CCc1cc2c(C)cc(=O)oc2c(CN(C)Cc2cccc(F)c2)c1O. The van der Waals surface area contributed by atoms with Gasteiger partial charge in [-0.15, -0.1) is 0 Å². The lowest BCUT2D eigenvalue weighted by Gasteiger charge is -2.20. The zero-order valence-corrected chi connectivity index (χ0v) is 15.2. The first-order chi connectivity index (χ1) is 12.4. The Balaban J connectivity index is 2.02. The fraction of sp³-hybridized carbons (Fsp3) is 0.286.